The molecule has 1 aliphatic heterocycles. The Morgan fingerprint density at radius 1 is 1.33 bits per heavy atom. The Morgan fingerprint density at radius 3 is 3.22 bits per heavy atom. The fraction of sp³-hybridized carbons (Fsp3) is 0.125. The second-order valence-electron chi connectivity index (χ2n) is 2.16. The molecule has 1 heteroatoms. The maximum atomic E-state index is 2.21. The summed E-state index contributed by atoms with van der Waals surface area (Å²) in [5.41, 5.74) is 0. The summed E-state index contributed by atoms with van der Waals surface area (Å²) < 4.78 is 2.14. The van der Waals surface area contributed by atoms with Gasteiger partial charge in [-0.05, 0) is 12.1 Å². The van der Waals surface area contributed by atoms with Crippen molar-refractivity contribution in [3.63, 3.8) is 0 Å². The third-order valence-corrected chi connectivity index (χ3v) is 1.55. The van der Waals surface area contributed by atoms with Gasteiger partial charge in [-0.3, -0.25) is 0 Å². The van der Waals surface area contributed by atoms with Gasteiger partial charge in [0.1, 0.15) is 0 Å². The van der Waals surface area contributed by atoms with Crippen molar-refractivity contribution in [3.05, 3.63) is 36.0 Å². The fourth-order valence-electron chi connectivity index (χ4n) is 1.10. The van der Waals surface area contributed by atoms with Crippen LogP contribution in [0.25, 0.3) is 6.08 Å². The van der Waals surface area contributed by atoms with Crippen molar-refractivity contribution in [2.24, 2.45) is 0 Å². The highest BCUT2D eigenvalue weighted by molar-refractivity contribution is 5.18. The minimum absolute atomic E-state index is 1.07. The molecule has 0 bridgehead atoms. The molecule has 0 unspecified atom stereocenters. The quantitative estimate of drug-likeness (QED) is 0.428. The van der Waals surface area contributed by atoms with Crippen LogP contribution in [0.1, 0.15) is 6.42 Å². The number of rotatable bonds is 0. The van der Waals surface area contributed by atoms with Crippen LogP contribution >= 0.6 is 0 Å². The molecule has 1 aromatic rings. The van der Waals surface area contributed by atoms with Crippen LogP contribution in [0, 0.1) is 6.21 Å². The summed E-state index contributed by atoms with van der Waals surface area (Å²) in [5, 5.41) is 1.30. The lowest BCUT2D eigenvalue weighted by Crippen LogP contribution is -2.32. The van der Waals surface area contributed by atoms with Crippen molar-refractivity contribution in [3.8, 4) is 0 Å². The fourth-order valence-corrected chi connectivity index (χ4v) is 1.10. The first-order valence-electron chi connectivity index (χ1n) is 3.13. The van der Waals surface area contributed by atoms with Gasteiger partial charge in [0.05, 0.1) is 6.42 Å². The Kier molecular flexibility index (Phi) is 0.890. The van der Waals surface area contributed by atoms with E-state index in [1.54, 1.807) is 0 Å². The van der Waals surface area contributed by atoms with Gasteiger partial charge in [-0.25, -0.2) is 0 Å². The molecule has 1 aliphatic rings. The molecule has 0 fully saturated rings. The van der Waals surface area contributed by atoms with Crippen LogP contribution in [-0.2, 0) is 0 Å². The van der Waals surface area contributed by atoms with Gasteiger partial charge in [0.25, 0.3) is 0 Å². The molecule has 2 rings (SSSR count). The summed E-state index contributed by atoms with van der Waals surface area (Å²) in [6, 6.07) is 6.21. The summed E-state index contributed by atoms with van der Waals surface area (Å²) in [5.74, 6) is 0. The number of hydrogen-bond acceptors (Lipinski definition) is 0. The molecular formula is C8H8N+. The molecule has 9 heavy (non-hydrogen) atoms. The Labute approximate surface area is 53.6 Å². The average Bonchev–Trinajstić information content (AvgIpc) is 2.33. The van der Waals surface area contributed by atoms with Crippen LogP contribution in [0.2, 0.25) is 0 Å². The first-order chi connectivity index (χ1) is 4.47. The second kappa shape index (κ2) is 1.69. The van der Waals surface area contributed by atoms with E-state index in [4.69, 9.17) is 0 Å². The lowest BCUT2D eigenvalue weighted by molar-refractivity contribution is -0.521. The largest absolute Gasteiger partial charge is 0.206 e. The number of aromatic nitrogens is 1. The zero-order chi connectivity index (χ0) is 6.10. The highest BCUT2D eigenvalue weighted by Crippen LogP contribution is 1.81. The van der Waals surface area contributed by atoms with Crippen LogP contribution < -0.4 is 9.59 Å². The smallest absolute Gasteiger partial charge is 0.171 e. The molecule has 0 spiro atoms. The van der Waals surface area contributed by atoms with E-state index >= 15 is 0 Å². The van der Waals surface area contributed by atoms with Crippen molar-refractivity contribution in [1.82, 2.24) is 0 Å². The molecule has 0 N–H and O–H groups in total. The highest BCUT2D eigenvalue weighted by Gasteiger charge is 1.96. The number of fused-ring (bicyclic) bond motifs is 1. The Balaban J connectivity index is 2.97. The molecule has 0 saturated heterocycles. The first-order valence-corrected chi connectivity index (χ1v) is 3.13. The topological polar surface area (TPSA) is 5.90 Å². The summed E-state index contributed by atoms with van der Waals surface area (Å²) in [6.07, 6.45) is 7.51. The van der Waals surface area contributed by atoms with Gasteiger partial charge < -0.3 is 0 Å². The third-order valence-electron chi connectivity index (χ3n) is 1.55. The zero-order valence-corrected chi connectivity index (χ0v) is 5.12. The van der Waals surface area contributed by atoms with Crippen molar-refractivity contribution >= 4 is 6.08 Å². The minimum Gasteiger partial charge on any atom is -0.171 e. The average molecular weight is 118 g/mol. The van der Waals surface area contributed by atoms with E-state index in [-0.39, 0.29) is 0 Å². The maximum absolute atomic E-state index is 2.21. The SMILES string of the molecule is C1=c2cccc[n+]2=CC1. The van der Waals surface area contributed by atoms with Gasteiger partial charge in [0.2, 0.25) is 5.35 Å². The summed E-state index contributed by atoms with van der Waals surface area (Å²) in [6.45, 7) is 0. The standard InChI is InChI=1S/C8H8N/c1-2-6-9-7-3-5-8(9)4-1/h1-2,4-7H,3H2/q+1. The third kappa shape index (κ3) is 0.653. The van der Waals surface area contributed by atoms with Gasteiger partial charge in [-0.2, -0.15) is 4.24 Å². The van der Waals surface area contributed by atoms with Crippen molar-refractivity contribution in [1.29, 1.82) is 0 Å². The molecule has 0 radical (unpaired) electrons. The lowest BCUT2D eigenvalue weighted by Gasteiger charge is -1.72. The van der Waals surface area contributed by atoms with E-state index in [2.05, 4.69) is 34.9 Å². The van der Waals surface area contributed by atoms with E-state index < -0.39 is 0 Å². The highest BCUT2D eigenvalue weighted by atomic mass is 14.8. The summed E-state index contributed by atoms with van der Waals surface area (Å²) >= 11 is 0. The van der Waals surface area contributed by atoms with E-state index in [1.807, 2.05) is 6.07 Å². The normalized spacial score (nSPS) is 13.8. The molecule has 0 saturated carbocycles. The number of hydrogen-bond donors (Lipinski definition) is 0. The molecule has 0 aliphatic carbocycles. The van der Waals surface area contributed by atoms with E-state index in [1.165, 1.54) is 5.35 Å². The zero-order valence-electron chi connectivity index (χ0n) is 5.12. The maximum Gasteiger partial charge on any atom is 0.206 e. The van der Waals surface area contributed by atoms with E-state index in [9.17, 15) is 0 Å². The summed E-state index contributed by atoms with van der Waals surface area (Å²) in [7, 11) is 0. The van der Waals surface area contributed by atoms with Crippen molar-refractivity contribution in [2.75, 3.05) is 0 Å². The number of pyridine rings is 1. The first kappa shape index (κ1) is 4.74. The Morgan fingerprint density at radius 2 is 2.33 bits per heavy atom. The monoisotopic (exact) mass is 118 g/mol. The Hall–Kier alpha value is -1.11. The van der Waals surface area contributed by atoms with Crippen molar-refractivity contribution < 1.29 is 4.24 Å². The second-order valence-corrected chi connectivity index (χ2v) is 2.16. The minimum atomic E-state index is 1.07. The Bertz CT molecular complexity index is 292. The predicted molar refractivity (Wildman–Crippen MR) is 35.0 cm³/mol. The van der Waals surface area contributed by atoms with Crippen LogP contribution in [-0.4, -0.2) is 0 Å². The van der Waals surface area contributed by atoms with E-state index in [0.717, 1.165) is 6.42 Å². The van der Waals surface area contributed by atoms with Gasteiger partial charge in [-0.15, -0.1) is 0 Å². The molecule has 0 atom stereocenters. The van der Waals surface area contributed by atoms with Gasteiger partial charge in [0.15, 0.2) is 12.4 Å². The van der Waals surface area contributed by atoms with Crippen LogP contribution in [0.4, 0.5) is 0 Å². The van der Waals surface area contributed by atoms with Crippen LogP contribution in [0.5, 0.6) is 0 Å². The molecule has 1 aromatic heterocycles. The van der Waals surface area contributed by atoms with Gasteiger partial charge in [0, 0.05) is 12.1 Å². The molecule has 0 amide bonds. The molecule has 1 nitrogen and oxygen atoms in total. The van der Waals surface area contributed by atoms with Crippen molar-refractivity contribution in [2.45, 2.75) is 6.42 Å². The van der Waals surface area contributed by atoms with E-state index in [0.29, 0.717) is 0 Å². The van der Waals surface area contributed by atoms with Crippen LogP contribution in [0.3, 0.4) is 0 Å². The molecule has 0 aromatic carbocycles. The molecule has 44 valence electrons. The number of nitrogens with zero attached hydrogens (tertiary/aromatic N) is 1. The van der Waals surface area contributed by atoms with Crippen LogP contribution in [0.15, 0.2) is 24.4 Å². The predicted octanol–water partition coefficient (Wildman–Crippen LogP) is 0.168. The lowest BCUT2D eigenvalue weighted by atomic mass is 10.4. The van der Waals surface area contributed by atoms with Gasteiger partial charge in [-0.1, -0.05) is 0 Å². The summed E-state index contributed by atoms with van der Waals surface area (Å²) in [4.78, 5) is 0. The van der Waals surface area contributed by atoms with Gasteiger partial charge >= 0.3 is 0 Å². The molecule has 2 heterocycles. The molecular weight excluding hydrogens is 110 g/mol.